The highest BCUT2D eigenvalue weighted by molar-refractivity contribution is 5.21. The summed E-state index contributed by atoms with van der Waals surface area (Å²) in [5.74, 6) is 0. The van der Waals surface area contributed by atoms with Crippen molar-refractivity contribution in [2.75, 3.05) is 26.7 Å². The van der Waals surface area contributed by atoms with Gasteiger partial charge in [-0.1, -0.05) is 0 Å². The smallest absolute Gasteiger partial charge is 0.0847 e. The highest BCUT2D eigenvalue weighted by atomic mass is 15.2. The van der Waals surface area contributed by atoms with Gasteiger partial charge in [-0.25, -0.2) is 0 Å². The van der Waals surface area contributed by atoms with Gasteiger partial charge in [0.1, 0.15) is 0 Å². The lowest BCUT2D eigenvalue weighted by Gasteiger charge is -2.21. The Morgan fingerprint density at radius 1 is 1.50 bits per heavy atom. The van der Waals surface area contributed by atoms with Gasteiger partial charge in [0.25, 0.3) is 0 Å². The van der Waals surface area contributed by atoms with Crippen molar-refractivity contribution in [3.05, 3.63) is 11.3 Å². The summed E-state index contributed by atoms with van der Waals surface area (Å²) in [7, 11) is 2.14. The van der Waals surface area contributed by atoms with Gasteiger partial charge in [0.15, 0.2) is 0 Å². The van der Waals surface area contributed by atoms with Gasteiger partial charge in [-0.3, -0.25) is 0 Å². The number of likely N-dealkylation sites (N-methyl/N-ethyl adjacent to an activating group) is 1. The summed E-state index contributed by atoms with van der Waals surface area (Å²) in [4.78, 5) is 2.31. The van der Waals surface area contributed by atoms with Crippen LogP contribution < -0.4 is 0 Å². The van der Waals surface area contributed by atoms with Crippen LogP contribution in [0.15, 0.2) is 21.5 Å². The number of nitrogens with zero attached hydrogens (tertiary/aromatic N) is 3. The first-order chi connectivity index (χ1) is 4.86. The summed E-state index contributed by atoms with van der Waals surface area (Å²) < 4.78 is 0. The molecular formula is C7H11N3. The molecule has 2 heterocycles. The molecule has 0 spiro atoms. The van der Waals surface area contributed by atoms with Gasteiger partial charge in [0.05, 0.1) is 12.2 Å². The normalized spacial score (nSPS) is 25.7. The number of rotatable bonds is 0. The predicted molar refractivity (Wildman–Crippen MR) is 38.9 cm³/mol. The average molecular weight is 137 g/mol. The topological polar surface area (TPSA) is 28.0 Å². The molecule has 0 aromatic carbocycles. The molecule has 54 valence electrons. The molecule has 2 rings (SSSR count). The predicted octanol–water partition coefficient (Wildman–Crippen LogP) is 1.04. The molecule has 3 nitrogen and oxygen atoms in total. The van der Waals surface area contributed by atoms with Crippen LogP contribution in [0.2, 0.25) is 0 Å². The van der Waals surface area contributed by atoms with Crippen LogP contribution in [0.1, 0.15) is 6.42 Å². The first-order valence-electron chi connectivity index (χ1n) is 3.63. The van der Waals surface area contributed by atoms with Crippen LogP contribution in [0.25, 0.3) is 0 Å². The molecule has 0 atom stereocenters. The number of hydrogen-bond donors (Lipinski definition) is 0. The Balaban J connectivity index is 2.18. The van der Waals surface area contributed by atoms with Crippen molar-refractivity contribution < 1.29 is 0 Å². The Labute approximate surface area is 60.4 Å². The lowest BCUT2D eigenvalue weighted by Crippen LogP contribution is -2.27. The van der Waals surface area contributed by atoms with Crippen LogP contribution in [0.5, 0.6) is 0 Å². The number of azo groups is 1. The van der Waals surface area contributed by atoms with E-state index in [-0.39, 0.29) is 0 Å². The molecule has 0 N–H and O–H groups in total. The molecule has 0 aromatic heterocycles. The molecule has 0 bridgehead atoms. The fourth-order valence-corrected chi connectivity index (χ4v) is 1.44. The van der Waals surface area contributed by atoms with Crippen LogP contribution >= 0.6 is 0 Å². The van der Waals surface area contributed by atoms with E-state index in [0.717, 1.165) is 26.1 Å². The minimum absolute atomic E-state index is 0.847. The van der Waals surface area contributed by atoms with Crippen molar-refractivity contribution in [3.8, 4) is 0 Å². The molecule has 0 aliphatic carbocycles. The molecule has 0 amide bonds. The maximum absolute atomic E-state index is 4.07. The molecule has 2 aliphatic heterocycles. The van der Waals surface area contributed by atoms with Gasteiger partial charge < -0.3 is 4.90 Å². The van der Waals surface area contributed by atoms with Crippen LogP contribution in [0.3, 0.4) is 0 Å². The maximum Gasteiger partial charge on any atom is 0.0847 e. The van der Waals surface area contributed by atoms with Gasteiger partial charge in [-0.05, 0) is 12.6 Å². The van der Waals surface area contributed by atoms with E-state index >= 15 is 0 Å². The van der Waals surface area contributed by atoms with E-state index in [9.17, 15) is 0 Å². The van der Waals surface area contributed by atoms with Gasteiger partial charge in [0.2, 0.25) is 0 Å². The van der Waals surface area contributed by atoms with Gasteiger partial charge in [-0.2, -0.15) is 10.2 Å². The quantitative estimate of drug-likeness (QED) is 0.490. The van der Waals surface area contributed by atoms with Crippen molar-refractivity contribution in [2.24, 2.45) is 10.2 Å². The van der Waals surface area contributed by atoms with Gasteiger partial charge in [0, 0.05) is 19.5 Å². The lowest BCUT2D eigenvalue weighted by atomic mass is 10.1. The zero-order valence-corrected chi connectivity index (χ0v) is 6.17. The van der Waals surface area contributed by atoms with E-state index in [1.807, 2.05) is 0 Å². The van der Waals surface area contributed by atoms with E-state index in [1.165, 1.54) is 11.3 Å². The fourth-order valence-electron chi connectivity index (χ4n) is 1.44. The summed E-state index contributed by atoms with van der Waals surface area (Å²) in [6.45, 7) is 3.06. The second-order valence-electron chi connectivity index (χ2n) is 2.94. The fraction of sp³-hybridized carbons (Fsp3) is 0.714. The van der Waals surface area contributed by atoms with Crippen molar-refractivity contribution in [3.63, 3.8) is 0 Å². The second-order valence-corrected chi connectivity index (χ2v) is 2.94. The molecule has 2 aliphatic rings. The molecule has 0 saturated heterocycles. The highest BCUT2D eigenvalue weighted by Crippen LogP contribution is 2.22. The van der Waals surface area contributed by atoms with E-state index in [0.29, 0.717) is 0 Å². The van der Waals surface area contributed by atoms with E-state index < -0.39 is 0 Å². The summed E-state index contributed by atoms with van der Waals surface area (Å²) in [6.07, 6.45) is 1.09. The van der Waals surface area contributed by atoms with Crippen LogP contribution in [0, 0.1) is 0 Å². The summed E-state index contributed by atoms with van der Waals surface area (Å²) in [5.41, 5.74) is 2.67. The first-order valence-corrected chi connectivity index (χ1v) is 3.63. The minimum atomic E-state index is 0.847. The largest absolute Gasteiger partial charge is 0.302 e. The molecular weight excluding hydrogens is 126 g/mol. The van der Waals surface area contributed by atoms with Crippen molar-refractivity contribution in [2.45, 2.75) is 6.42 Å². The number of hydrogen-bond acceptors (Lipinski definition) is 3. The molecule has 0 radical (unpaired) electrons. The molecule has 0 saturated carbocycles. The molecule has 0 unspecified atom stereocenters. The summed E-state index contributed by atoms with van der Waals surface area (Å²) in [6, 6.07) is 0. The van der Waals surface area contributed by atoms with Crippen molar-refractivity contribution in [1.29, 1.82) is 0 Å². The standard InChI is InChI=1S/C7H11N3/c1-10-3-2-7-6(5-10)4-8-9-7/h2-5H2,1H3. The Hall–Kier alpha value is -0.700. The van der Waals surface area contributed by atoms with E-state index in [4.69, 9.17) is 0 Å². The Kier molecular flexibility index (Phi) is 1.31. The summed E-state index contributed by atoms with van der Waals surface area (Å²) >= 11 is 0. The van der Waals surface area contributed by atoms with Crippen molar-refractivity contribution >= 4 is 0 Å². The molecule has 0 fully saturated rings. The zero-order valence-electron chi connectivity index (χ0n) is 6.17. The molecule has 10 heavy (non-hydrogen) atoms. The van der Waals surface area contributed by atoms with Crippen LogP contribution in [-0.2, 0) is 0 Å². The van der Waals surface area contributed by atoms with E-state index in [2.05, 4.69) is 22.2 Å². The van der Waals surface area contributed by atoms with Gasteiger partial charge >= 0.3 is 0 Å². The van der Waals surface area contributed by atoms with Crippen molar-refractivity contribution in [1.82, 2.24) is 4.90 Å². The van der Waals surface area contributed by atoms with Crippen LogP contribution in [-0.4, -0.2) is 31.6 Å². The zero-order chi connectivity index (χ0) is 6.97. The lowest BCUT2D eigenvalue weighted by molar-refractivity contribution is 0.348. The highest BCUT2D eigenvalue weighted by Gasteiger charge is 2.18. The maximum atomic E-state index is 4.07. The monoisotopic (exact) mass is 137 g/mol. The SMILES string of the molecule is CN1CCC2=C(CN=N2)C1. The molecule has 3 heteroatoms. The van der Waals surface area contributed by atoms with Gasteiger partial charge in [-0.15, -0.1) is 0 Å². The Morgan fingerprint density at radius 3 is 3.30 bits per heavy atom. The average Bonchev–Trinajstić information content (AvgIpc) is 2.33. The Morgan fingerprint density at radius 2 is 2.40 bits per heavy atom. The summed E-state index contributed by atoms with van der Waals surface area (Å²) in [5, 5.41) is 8.06. The third-order valence-corrected chi connectivity index (χ3v) is 2.05. The third kappa shape index (κ3) is 0.865. The minimum Gasteiger partial charge on any atom is -0.302 e. The first kappa shape index (κ1) is 6.04. The molecule has 0 aromatic rings. The second kappa shape index (κ2) is 2.16. The van der Waals surface area contributed by atoms with Crippen LogP contribution in [0.4, 0.5) is 0 Å². The van der Waals surface area contributed by atoms with E-state index in [1.54, 1.807) is 0 Å². The Bertz CT molecular complexity index is 205. The third-order valence-electron chi connectivity index (χ3n) is 2.05.